The summed E-state index contributed by atoms with van der Waals surface area (Å²) in [6.45, 7) is 3.22. The summed E-state index contributed by atoms with van der Waals surface area (Å²) >= 11 is 0. The van der Waals surface area contributed by atoms with Crippen LogP contribution < -0.4 is 5.73 Å². The highest BCUT2D eigenvalue weighted by atomic mass is 32.2. The molecule has 1 aromatic rings. The maximum absolute atomic E-state index is 12.8. The van der Waals surface area contributed by atoms with Crippen molar-refractivity contribution < 1.29 is 18.0 Å². The topological polar surface area (TPSA) is 101 Å². The molecule has 0 aliphatic carbocycles. The Hall–Kier alpha value is -1.93. The molecule has 2 N–H and O–H groups in total. The number of rotatable bonds is 5. The zero-order valence-electron chi connectivity index (χ0n) is 15.5. The van der Waals surface area contributed by atoms with Crippen LogP contribution in [0.1, 0.15) is 30.1 Å². The summed E-state index contributed by atoms with van der Waals surface area (Å²) in [7, 11) is -0.717. The van der Waals surface area contributed by atoms with E-state index in [-0.39, 0.29) is 16.8 Å². The summed E-state index contributed by atoms with van der Waals surface area (Å²) in [6.07, 6.45) is 1.81. The second kappa shape index (κ2) is 8.18. The van der Waals surface area contributed by atoms with Gasteiger partial charge in [0.05, 0.1) is 4.90 Å². The van der Waals surface area contributed by atoms with Gasteiger partial charge in [-0.2, -0.15) is 0 Å². The minimum atomic E-state index is -3.73. The Morgan fingerprint density at radius 3 is 2.38 bits per heavy atom. The van der Waals surface area contributed by atoms with Crippen LogP contribution in [0.2, 0.25) is 0 Å². The predicted octanol–water partition coefficient (Wildman–Crippen LogP) is 0.748. The van der Waals surface area contributed by atoms with E-state index in [1.54, 1.807) is 4.90 Å². The van der Waals surface area contributed by atoms with Gasteiger partial charge in [-0.3, -0.25) is 9.59 Å². The minimum absolute atomic E-state index is 0.00683. The number of nitrogens with two attached hydrogens (primary N) is 1. The molecule has 0 saturated carbocycles. The van der Waals surface area contributed by atoms with Crippen molar-refractivity contribution in [3.8, 4) is 0 Å². The van der Waals surface area contributed by atoms with Gasteiger partial charge < -0.3 is 15.5 Å². The van der Waals surface area contributed by atoms with E-state index < -0.39 is 21.5 Å². The molecule has 1 heterocycles. The van der Waals surface area contributed by atoms with Crippen LogP contribution in [0.25, 0.3) is 0 Å². The van der Waals surface area contributed by atoms with Crippen molar-refractivity contribution >= 4 is 21.7 Å². The number of sulfone groups is 1. The number of benzene rings is 1. The maximum atomic E-state index is 12.8. The van der Waals surface area contributed by atoms with Gasteiger partial charge in [0.1, 0.15) is 5.75 Å². The molecular formula is C18H27N3O4S. The number of hydrogen-bond donors (Lipinski definition) is 1. The van der Waals surface area contributed by atoms with Crippen molar-refractivity contribution in [1.29, 1.82) is 0 Å². The van der Waals surface area contributed by atoms with Crippen molar-refractivity contribution in [3.05, 3.63) is 29.8 Å². The molecule has 1 saturated heterocycles. The highest BCUT2D eigenvalue weighted by molar-refractivity contribution is 7.92. The standard InChI is InChI=1S/C18H27N3O4S/c1-13-8-9-21(15(10-13)11-19)18(23)14-4-6-16(7-5-14)26(24,25)12-17(22)20(2)3/h4-7,13,15H,8-12,19H2,1-3H3. The molecule has 1 aliphatic rings. The molecule has 1 aromatic carbocycles. The minimum Gasteiger partial charge on any atom is -0.348 e. The summed E-state index contributed by atoms with van der Waals surface area (Å²) < 4.78 is 24.6. The molecule has 7 nitrogen and oxygen atoms in total. The van der Waals surface area contributed by atoms with Gasteiger partial charge in [0.2, 0.25) is 5.91 Å². The first-order valence-electron chi connectivity index (χ1n) is 8.69. The number of piperidine rings is 1. The average Bonchev–Trinajstić information content (AvgIpc) is 2.60. The van der Waals surface area contributed by atoms with Crippen LogP contribution in [-0.2, 0) is 14.6 Å². The predicted molar refractivity (Wildman–Crippen MR) is 99.5 cm³/mol. The first-order valence-corrected chi connectivity index (χ1v) is 10.3. The number of likely N-dealkylation sites (tertiary alicyclic amines) is 1. The largest absolute Gasteiger partial charge is 0.348 e. The third-order valence-corrected chi connectivity index (χ3v) is 6.40. The van der Waals surface area contributed by atoms with Crippen LogP contribution in [0.3, 0.4) is 0 Å². The Kier molecular flexibility index (Phi) is 6.41. The van der Waals surface area contributed by atoms with Gasteiger partial charge in [-0.15, -0.1) is 0 Å². The normalized spacial score (nSPS) is 20.7. The van der Waals surface area contributed by atoms with Crippen LogP contribution >= 0.6 is 0 Å². The number of nitrogens with zero attached hydrogens (tertiary/aromatic N) is 2. The van der Waals surface area contributed by atoms with Gasteiger partial charge in [0.15, 0.2) is 9.84 Å². The molecule has 0 aromatic heterocycles. The number of carbonyl (C=O) groups excluding carboxylic acids is 2. The second-order valence-electron chi connectivity index (χ2n) is 7.09. The van der Waals surface area contributed by atoms with E-state index in [9.17, 15) is 18.0 Å². The Morgan fingerprint density at radius 2 is 1.85 bits per heavy atom. The molecule has 1 aliphatic heterocycles. The number of amides is 2. The second-order valence-corrected chi connectivity index (χ2v) is 9.08. The van der Waals surface area contributed by atoms with Crippen molar-refractivity contribution in [2.75, 3.05) is 32.9 Å². The number of carbonyl (C=O) groups is 2. The van der Waals surface area contributed by atoms with E-state index in [0.29, 0.717) is 24.6 Å². The summed E-state index contributed by atoms with van der Waals surface area (Å²) in [6, 6.07) is 5.78. The molecule has 8 heteroatoms. The smallest absolute Gasteiger partial charge is 0.254 e. The molecule has 2 amide bonds. The quantitative estimate of drug-likeness (QED) is 0.811. The molecule has 0 spiro atoms. The molecule has 26 heavy (non-hydrogen) atoms. The Balaban J connectivity index is 2.16. The molecule has 0 radical (unpaired) electrons. The lowest BCUT2D eigenvalue weighted by atomic mass is 9.92. The summed E-state index contributed by atoms with van der Waals surface area (Å²) in [5.74, 6) is -0.680. The lowest BCUT2D eigenvalue weighted by Gasteiger charge is -2.38. The van der Waals surface area contributed by atoms with Gasteiger partial charge >= 0.3 is 0 Å². The Morgan fingerprint density at radius 1 is 1.23 bits per heavy atom. The summed E-state index contributed by atoms with van der Waals surface area (Å²) in [4.78, 5) is 27.5. The fourth-order valence-corrected chi connectivity index (χ4v) is 4.39. The van der Waals surface area contributed by atoms with E-state index in [2.05, 4.69) is 6.92 Å². The van der Waals surface area contributed by atoms with Gasteiger partial charge in [-0.1, -0.05) is 6.92 Å². The maximum Gasteiger partial charge on any atom is 0.254 e. The van der Waals surface area contributed by atoms with Gasteiger partial charge in [-0.05, 0) is 43.0 Å². The SMILES string of the molecule is CC1CCN(C(=O)c2ccc(S(=O)(=O)CC(=O)N(C)C)cc2)C(CN)C1. The van der Waals surface area contributed by atoms with Gasteiger partial charge in [0.25, 0.3) is 5.91 Å². The fourth-order valence-electron chi connectivity index (χ4n) is 3.09. The van der Waals surface area contributed by atoms with Crippen LogP contribution in [-0.4, -0.2) is 69.0 Å². The Bertz CT molecular complexity index is 759. The number of hydrogen-bond acceptors (Lipinski definition) is 5. The van der Waals surface area contributed by atoms with Crippen LogP contribution in [0.5, 0.6) is 0 Å². The van der Waals surface area contributed by atoms with E-state index in [1.165, 1.54) is 43.3 Å². The van der Waals surface area contributed by atoms with E-state index in [1.807, 2.05) is 0 Å². The molecule has 0 bridgehead atoms. The zero-order valence-corrected chi connectivity index (χ0v) is 16.3. The van der Waals surface area contributed by atoms with Gasteiger partial charge in [0, 0.05) is 38.8 Å². The van der Waals surface area contributed by atoms with Crippen molar-refractivity contribution in [2.45, 2.75) is 30.7 Å². The van der Waals surface area contributed by atoms with E-state index >= 15 is 0 Å². The lowest BCUT2D eigenvalue weighted by molar-refractivity contribution is -0.125. The van der Waals surface area contributed by atoms with Crippen molar-refractivity contribution in [1.82, 2.24) is 9.80 Å². The first-order chi connectivity index (χ1) is 12.2. The van der Waals surface area contributed by atoms with E-state index in [0.717, 1.165) is 12.8 Å². The molecule has 144 valence electrons. The average molecular weight is 381 g/mol. The van der Waals surface area contributed by atoms with Gasteiger partial charge in [-0.25, -0.2) is 8.42 Å². The third-order valence-electron chi connectivity index (χ3n) is 4.78. The zero-order chi connectivity index (χ0) is 19.5. The lowest BCUT2D eigenvalue weighted by Crippen LogP contribution is -2.49. The molecule has 2 unspecified atom stereocenters. The van der Waals surface area contributed by atoms with Crippen LogP contribution in [0.15, 0.2) is 29.2 Å². The third kappa shape index (κ3) is 4.62. The molecule has 1 fully saturated rings. The Labute approximate surface area is 155 Å². The highest BCUT2D eigenvalue weighted by Crippen LogP contribution is 2.24. The monoisotopic (exact) mass is 381 g/mol. The van der Waals surface area contributed by atoms with Crippen LogP contribution in [0, 0.1) is 5.92 Å². The van der Waals surface area contributed by atoms with Crippen molar-refractivity contribution in [3.63, 3.8) is 0 Å². The summed E-state index contributed by atoms with van der Waals surface area (Å²) in [5.41, 5.74) is 6.24. The molecular weight excluding hydrogens is 354 g/mol. The molecule has 2 rings (SSSR count). The first kappa shape index (κ1) is 20.4. The van der Waals surface area contributed by atoms with Crippen LogP contribution in [0.4, 0.5) is 0 Å². The summed E-state index contributed by atoms with van der Waals surface area (Å²) in [5, 5.41) is 0. The fraction of sp³-hybridized carbons (Fsp3) is 0.556. The van der Waals surface area contributed by atoms with Crippen molar-refractivity contribution in [2.24, 2.45) is 11.7 Å². The molecule has 2 atom stereocenters. The highest BCUT2D eigenvalue weighted by Gasteiger charge is 2.30. The van der Waals surface area contributed by atoms with E-state index in [4.69, 9.17) is 5.73 Å².